The first-order chi connectivity index (χ1) is 12.6. The number of aromatic nitrogens is 2. The molecule has 0 saturated carbocycles. The van der Waals surface area contributed by atoms with Gasteiger partial charge < -0.3 is 14.0 Å². The molecule has 0 amide bonds. The second-order valence-corrected chi connectivity index (χ2v) is 5.26. The van der Waals surface area contributed by atoms with Crippen LogP contribution in [-0.2, 0) is 0 Å². The predicted molar refractivity (Wildman–Crippen MR) is 94.2 cm³/mol. The van der Waals surface area contributed by atoms with E-state index in [9.17, 15) is 10.1 Å². The minimum atomic E-state index is -0.467. The van der Waals surface area contributed by atoms with Crippen LogP contribution in [0.2, 0.25) is 0 Å². The van der Waals surface area contributed by atoms with E-state index >= 15 is 0 Å². The number of nitrogens with zero attached hydrogens (tertiary/aromatic N) is 3. The molecule has 0 bridgehead atoms. The maximum absolute atomic E-state index is 10.9. The lowest BCUT2D eigenvalue weighted by atomic mass is 10.2. The van der Waals surface area contributed by atoms with Crippen molar-refractivity contribution in [2.45, 2.75) is 13.8 Å². The molecule has 0 fully saturated rings. The Morgan fingerprint density at radius 2 is 1.81 bits per heavy atom. The lowest BCUT2D eigenvalue weighted by Crippen LogP contribution is -1.98. The van der Waals surface area contributed by atoms with Crippen molar-refractivity contribution in [1.29, 1.82) is 0 Å². The molecule has 0 spiro atoms. The van der Waals surface area contributed by atoms with Crippen LogP contribution in [0.15, 0.2) is 47.0 Å². The molecular weight excluding hydrogens is 338 g/mol. The van der Waals surface area contributed by atoms with Gasteiger partial charge in [-0.05, 0) is 32.0 Å². The molecule has 134 valence electrons. The van der Waals surface area contributed by atoms with Crippen LogP contribution in [0, 0.1) is 10.1 Å². The van der Waals surface area contributed by atoms with Gasteiger partial charge in [0.25, 0.3) is 11.6 Å². The van der Waals surface area contributed by atoms with Crippen LogP contribution in [0.25, 0.3) is 22.8 Å². The maximum atomic E-state index is 10.9. The van der Waals surface area contributed by atoms with Gasteiger partial charge in [-0.3, -0.25) is 10.1 Å². The Labute approximate surface area is 149 Å². The number of nitro groups is 1. The Hall–Kier alpha value is -3.42. The number of rotatable bonds is 7. The molecule has 0 saturated heterocycles. The summed E-state index contributed by atoms with van der Waals surface area (Å²) < 4.78 is 16.4. The van der Waals surface area contributed by atoms with Crippen LogP contribution in [0.5, 0.6) is 11.5 Å². The molecule has 2 aromatic carbocycles. The number of ether oxygens (including phenoxy) is 2. The molecule has 8 nitrogen and oxygen atoms in total. The Balaban J connectivity index is 1.93. The summed E-state index contributed by atoms with van der Waals surface area (Å²) in [5.74, 6) is 1.78. The zero-order chi connectivity index (χ0) is 18.5. The van der Waals surface area contributed by atoms with Crippen LogP contribution in [0.4, 0.5) is 5.69 Å². The van der Waals surface area contributed by atoms with E-state index in [4.69, 9.17) is 14.0 Å². The summed E-state index contributed by atoms with van der Waals surface area (Å²) in [6.45, 7) is 4.80. The molecule has 1 aromatic heterocycles. The van der Waals surface area contributed by atoms with Gasteiger partial charge in [-0.2, -0.15) is 4.98 Å². The molecule has 0 radical (unpaired) electrons. The van der Waals surface area contributed by atoms with E-state index in [1.807, 2.05) is 13.8 Å². The van der Waals surface area contributed by atoms with Crippen molar-refractivity contribution in [3.05, 3.63) is 52.6 Å². The molecule has 8 heteroatoms. The Kier molecular flexibility index (Phi) is 5.12. The molecule has 0 aliphatic rings. The number of benzene rings is 2. The van der Waals surface area contributed by atoms with Gasteiger partial charge in [0, 0.05) is 23.3 Å². The second kappa shape index (κ2) is 7.64. The van der Waals surface area contributed by atoms with E-state index in [2.05, 4.69) is 10.1 Å². The van der Waals surface area contributed by atoms with Crippen molar-refractivity contribution in [2.75, 3.05) is 13.2 Å². The third-order valence-electron chi connectivity index (χ3n) is 3.53. The third kappa shape index (κ3) is 3.64. The summed E-state index contributed by atoms with van der Waals surface area (Å²) in [5, 5.41) is 14.8. The van der Waals surface area contributed by atoms with Gasteiger partial charge in [0.05, 0.1) is 18.1 Å². The lowest BCUT2D eigenvalue weighted by Gasteiger charge is -2.11. The smallest absolute Gasteiger partial charge is 0.270 e. The van der Waals surface area contributed by atoms with E-state index in [1.54, 1.807) is 30.3 Å². The fourth-order valence-electron chi connectivity index (χ4n) is 2.40. The molecule has 3 rings (SSSR count). The van der Waals surface area contributed by atoms with Crippen LogP contribution in [0.3, 0.4) is 0 Å². The molecule has 0 aliphatic carbocycles. The molecule has 1 heterocycles. The summed E-state index contributed by atoms with van der Waals surface area (Å²) in [6, 6.07) is 11.4. The minimum absolute atomic E-state index is 0.0338. The van der Waals surface area contributed by atoms with Crippen molar-refractivity contribution in [1.82, 2.24) is 10.1 Å². The predicted octanol–water partition coefficient (Wildman–Crippen LogP) is 4.11. The van der Waals surface area contributed by atoms with Crippen molar-refractivity contribution < 1.29 is 18.9 Å². The zero-order valence-electron chi connectivity index (χ0n) is 14.3. The number of nitro benzene ring substituents is 1. The Morgan fingerprint density at radius 1 is 1.04 bits per heavy atom. The van der Waals surface area contributed by atoms with E-state index in [1.165, 1.54) is 12.1 Å². The topological polar surface area (TPSA) is 101 Å². The van der Waals surface area contributed by atoms with Gasteiger partial charge in [-0.15, -0.1) is 0 Å². The lowest BCUT2D eigenvalue weighted by molar-refractivity contribution is -0.384. The fraction of sp³-hybridized carbons (Fsp3) is 0.222. The normalized spacial score (nSPS) is 10.5. The monoisotopic (exact) mass is 355 g/mol. The van der Waals surface area contributed by atoms with Gasteiger partial charge in [0.2, 0.25) is 5.82 Å². The van der Waals surface area contributed by atoms with Gasteiger partial charge >= 0.3 is 0 Å². The highest BCUT2D eigenvalue weighted by Gasteiger charge is 2.15. The van der Waals surface area contributed by atoms with Crippen LogP contribution < -0.4 is 9.47 Å². The highest BCUT2D eigenvalue weighted by Crippen LogP contribution is 2.33. The average Bonchev–Trinajstić information content (AvgIpc) is 3.14. The van der Waals surface area contributed by atoms with E-state index < -0.39 is 4.92 Å². The first-order valence-electron chi connectivity index (χ1n) is 8.11. The maximum Gasteiger partial charge on any atom is 0.270 e. The van der Waals surface area contributed by atoms with E-state index in [0.29, 0.717) is 35.8 Å². The summed E-state index contributed by atoms with van der Waals surface area (Å²) in [4.78, 5) is 14.8. The Morgan fingerprint density at radius 3 is 2.54 bits per heavy atom. The van der Waals surface area contributed by atoms with Gasteiger partial charge in [-0.25, -0.2) is 0 Å². The summed E-state index contributed by atoms with van der Waals surface area (Å²) >= 11 is 0. The van der Waals surface area contributed by atoms with Gasteiger partial charge in [0.15, 0.2) is 11.5 Å². The average molecular weight is 355 g/mol. The minimum Gasteiger partial charge on any atom is -0.490 e. The quantitative estimate of drug-likeness (QED) is 0.464. The molecular formula is C18H17N3O5. The second-order valence-electron chi connectivity index (χ2n) is 5.26. The van der Waals surface area contributed by atoms with Crippen molar-refractivity contribution in [3.63, 3.8) is 0 Å². The first-order valence-corrected chi connectivity index (χ1v) is 8.11. The molecule has 26 heavy (non-hydrogen) atoms. The van der Waals surface area contributed by atoms with Crippen molar-refractivity contribution in [3.8, 4) is 34.3 Å². The zero-order valence-corrected chi connectivity index (χ0v) is 14.3. The van der Waals surface area contributed by atoms with Crippen LogP contribution in [0.1, 0.15) is 13.8 Å². The molecule has 0 aliphatic heterocycles. The number of hydrogen-bond donors (Lipinski definition) is 0. The summed E-state index contributed by atoms with van der Waals surface area (Å²) in [7, 11) is 0. The molecule has 0 unspecified atom stereocenters. The van der Waals surface area contributed by atoms with Gasteiger partial charge in [-0.1, -0.05) is 17.3 Å². The first kappa shape index (κ1) is 17.4. The standard InChI is InChI=1S/C18H17N3O5/c1-3-24-15-9-8-13(11-16(15)25-4-2)18-19-17(20-26-18)12-6-5-7-14(10-12)21(22)23/h5-11H,3-4H2,1-2H3. The third-order valence-corrected chi connectivity index (χ3v) is 3.53. The number of hydrogen-bond acceptors (Lipinski definition) is 7. The summed E-state index contributed by atoms with van der Waals surface area (Å²) in [5.41, 5.74) is 1.14. The van der Waals surface area contributed by atoms with E-state index in [-0.39, 0.29) is 17.4 Å². The van der Waals surface area contributed by atoms with Crippen LogP contribution in [-0.4, -0.2) is 28.3 Å². The van der Waals surface area contributed by atoms with Crippen molar-refractivity contribution in [2.24, 2.45) is 0 Å². The fourth-order valence-corrected chi connectivity index (χ4v) is 2.40. The van der Waals surface area contributed by atoms with E-state index in [0.717, 1.165) is 0 Å². The number of non-ortho nitro benzene ring substituents is 1. The Bertz CT molecular complexity index is 923. The SMILES string of the molecule is CCOc1ccc(-c2nc(-c3cccc([N+](=O)[O-])c3)no2)cc1OCC. The molecule has 0 N–H and O–H groups in total. The highest BCUT2D eigenvalue weighted by molar-refractivity contribution is 5.64. The van der Waals surface area contributed by atoms with Gasteiger partial charge in [0.1, 0.15) is 0 Å². The molecule has 0 atom stereocenters. The van der Waals surface area contributed by atoms with Crippen molar-refractivity contribution >= 4 is 5.69 Å². The summed E-state index contributed by atoms with van der Waals surface area (Å²) in [6.07, 6.45) is 0. The van der Waals surface area contributed by atoms with Crippen LogP contribution >= 0.6 is 0 Å². The largest absolute Gasteiger partial charge is 0.490 e. The molecule has 3 aromatic rings. The highest BCUT2D eigenvalue weighted by atomic mass is 16.6.